The summed E-state index contributed by atoms with van der Waals surface area (Å²) < 4.78 is 54.0. The van der Waals surface area contributed by atoms with Crippen LogP contribution in [-0.4, -0.2) is 20.6 Å². The van der Waals surface area contributed by atoms with Crippen LogP contribution in [0.1, 0.15) is 33.7 Å². The first-order valence-corrected chi connectivity index (χ1v) is 11.6. The van der Waals surface area contributed by atoms with E-state index in [0.29, 0.717) is 35.7 Å². The van der Waals surface area contributed by atoms with Gasteiger partial charge in [0.25, 0.3) is 5.56 Å². The molecule has 1 aliphatic rings. The lowest BCUT2D eigenvalue weighted by Crippen LogP contribution is -2.34. The number of nitrogens with zero attached hydrogens (tertiary/aromatic N) is 3. The quantitative estimate of drug-likeness (QED) is 0.414. The SMILES string of the molecule is O=c1c2c3c(sc2ncn1Cc1ccccn1)C[C@H](NCc1ccc(C(F)(F)F)cc1F)CC3. The molecule has 4 aromatic rings. The Labute approximate surface area is 196 Å². The van der Waals surface area contributed by atoms with E-state index in [-0.39, 0.29) is 23.7 Å². The highest BCUT2D eigenvalue weighted by atomic mass is 32.1. The van der Waals surface area contributed by atoms with E-state index in [0.717, 1.165) is 28.6 Å². The number of aromatic nitrogens is 3. The fourth-order valence-electron chi connectivity index (χ4n) is 4.28. The van der Waals surface area contributed by atoms with Crippen LogP contribution in [0.5, 0.6) is 0 Å². The highest BCUT2D eigenvalue weighted by molar-refractivity contribution is 7.18. The summed E-state index contributed by atoms with van der Waals surface area (Å²) in [5, 5.41) is 3.90. The molecule has 176 valence electrons. The predicted octanol–water partition coefficient (Wildman–Crippen LogP) is 4.71. The third-order valence-corrected chi connectivity index (χ3v) is 7.22. The number of aryl methyl sites for hydroxylation is 1. The van der Waals surface area contributed by atoms with Gasteiger partial charge in [-0.05, 0) is 49.1 Å². The number of rotatable bonds is 5. The van der Waals surface area contributed by atoms with Crippen LogP contribution in [0.4, 0.5) is 17.6 Å². The Balaban J connectivity index is 1.32. The fourth-order valence-corrected chi connectivity index (χ4v) is 5.53. The molecule has 5 nitrogen and oxygen atoms in total. The summed E-state index contributed by atoms with van der Waals surface area (Å²) in [5.41, 5.74) is 0.879. The summed E-state index contributed by atoms with van der Waals surface area (Å²) in [6, 6.07) is 8.17. The Bertz CT molecular complexity index is 1400. The first-order valence-electron chi connectivity index (χ1n) is 10.8. The first-order chi connectivity index (χ1) is 16.3. The molecule has 0 aliphatic heterocycles. The van der Waals surface area contributed by atoms with Crippen molar-refractivity contribution in [2.45, 2.75) is 44.6 Å². The number of hydrogen-bond donors (Lipinski definition) is 1. The van der Waals surface area contributed by atoms with Gasteiger partial charge in [-0.2, -0.15) is 13.2 Å². The molecule has 1 aromatic carbocycles. The summed E-state index contributed by atoms with van der Waals surface area (Å²) in [7, 11) is 0. The van der Waals surface area contributed by atoms with Crippen molar-refractivity contribution in [3.63, 3.8) is 0 Å². The Morgan fingerprint density at radius 2 is 2.03 bits per heavy atom. The van der Waals surface area contributed by atoms with Crippen LogP contribution in [0, 0.1) is 5.82 Å². The summed E-state index contributed by atoms with van der Waals surface area (Å²) >= 11 is 1.48. The zero-order valence-electron chi connectivity index (χ0n) is 17.9. The van der Waals surface area contributed by atoms with E-state index < -0.39 is 17.6 Å². The minimum atomic E-state index is -4.57. The summed E-state index contributed by atoms with van der Waals surface area (Å²) in [5.74, 6) is -0.877. The zero-order chi connectivity index (χ0) is 23.9. The Morgan fingerprint density at radius 3 is 2.76 bits per heavy atom. The molecule has 0 radical (unpaired) electrons. The van der Waals surface area contributed by atoms with Crippen LogP contribution in [0.25, 0.3) is 10.2 Å². The van der Waals surface area contributed by atoms with Crippen molar-refractivity contribution in [3.05, 3.63) is 92.4 Å². The Morgan fingerprint density at radius 1 is 1.18 bits per heavy atom. The maximum absolute atomic E-state index is 14.2. The highest BCUT2D eigenvalue weighted by Gasteiger charge is 2.31. The van der Waals surface area contributed by atoms with Gasteiger partial charge in [0, 0.05) is 29.2 Å². The molecule has 3 heterocycles. The topological polar surface area (TPSA) is 59.8 Å². The monoisotopic (exact) mass is 488 g/mol. The number of halogens is 4. The van der Waals surface area contributed by atoms with Gasteiger partial charge in [-0.1, -0.05) is 12.1 Å². The maximum atomic E-state index is 14.2. The minimum absolute atomic E-state index is 0.0259. The lowest BCUT2D eigenvalue weighted by Gasteiger charge is -2.23. The van der Waals surface area contributed by atoms with E-state index in [1.165, 1.54) is 17.4 Å². The van der Waals surface area contributed by atoms with Crippen molar-refractivity contribution >= 4 is 21.6 Å². The van der Waals surface area contributed by atoms with E-state index in [1.54, 1.807) is 17.1 Å². The van der Waals surface area contributed by atoms with E-state index in [2.05, 4.69) is 15.3 Å². The van der Waals surface area contributed by atoms with Gasteiger partial charge in [-0.15, -0.1) is 11.3 Å². The molecular formula is C24H20F4N4OS. The lowest BCUT2D eigenvalue weighted by molar-refractivity contribution is -0.137. The van der Waals surface area contributed by atoms with E-state index >= 15 is 0 Å². The molecule has 10 heteroatoms. The van der Waals surface area contributed by atoms with Gasteiger partial charge < -0.3 is 5.32 Å². The van der Waals surface area contributed by atoms with Gasteiger partial charge in [0.15, 0.2) is 0 Å². The first kappa shape index (κ1) is 22.7. The largest absolute Gasteiger partial charge is 0.416 e. The molecule has 0 fully saturated rings. The second-order valence-electron chi connectivity index (χ2n) is 8.31. The maximum Gasteiger partial charge on any atom is 0.416 e. The number of fused-ring (bicyclic) bond motifs is 3. The van der Waals surface area contributed by atoms with Gasteiger partial charge in [0.1, 0.15) is 10.6 Å². The van der Waals surface area contributed by atoms with Crippen LogP contribution in [-0.2, 0) is 32.1 Å². The van der Waals surface area contributed by atoms with Gasteiger partial charge >= 0.3 is 6.18 Å². The molecule has 0 saturated heterocycles. The summed E-state index contributed by atoms with van der Waals surface area (Å²) in [4.78, 5) is 23.7. The number of alkyl halides is 3. The number of hydrogen-bond acceptors (Lipinski definition) is 5. The van der Waals surface area contributed by atoms with Crippen molar-refractivity contribution in [2.24, 2.45) is 0 Å². The molecule has 0 bridgehead atoms. The average Bonchev–Trinajstić information content (AvgIpc) is 3.18. The van der Waals surface area contributed by atoms with E-state index in [1.807, 2.05) is 18.2 Å². The lowest BCUT2D eigenvalue weighted by atomic mass is 9.93. The summed E-state index contributed by atoms with van der Waals surface area (Å²) in [6.07, 6.45) is 0.714. The normalized spacial score (nSPS) is 16.1. The fraction of sp³-hybridized carbons (Fsp3) is 0.292. The van der Waals surface area contributed by atoms with Crippen molar-refractivity contribution in [1.29, 1.82) is 0 Å². The smallest absolute Gasteiger partial charge is 0.309 e. The molecule has 0 amide bonds. The van der Waals surface area contributed by atoms with Crippen molar-refractivity contribution in [2.75, 3.05) is 0 Å². The molecule has 1 atom stereocenters. The molecule has 0 unspecified atom stereocenters. The van der Waals surface area contributed by atoms with Crippen LogP contribution in [0.15, 0.2) is 53.7 Å². The zero-order valence-corrected chi connectivity index (χ0v) is 18.7. The molecule has 3 aromatic heterocycles. The molecular weight excluding hydrogens is 468 g/mol. The molecule has 0 spiro atoms. The standard InChI is InChI=1S/C24H20F4N4OS/c25-19-9-15(24(26,27)28)5-4-14(19)11-30-16-6-7-18-20(10-16)34-22-21(18)23(33)32(13-31-22)12-17-3-1-2-8-29-17/h1-5,8-9,13,16,30H,6-7,10-12H2/t16-/m1/s1. The average molecular weight is 489 g/mol. The number of pyridine rings is 1. The third-order valence-electron chi connectivity index (χ3n) is 6.06. The second kappa shape index (κ2) is 8.92. The van der Waals surface area contributed by atoms with Crippen molar-refractivity contribution in [3.8, 4) is 0 Å². The second-order valence-corrected chi connectivity index (χ2v) is 9.39. The molecule has 1 aliphatic carbocycles. The third kappa shape index (κ3) is 4.47. The number of thiophene rings is 1. The van der Waals surface area contributed by atoms with Gasteiger partial charge in [-0.25, -0.2) is 9.37 Å². The Kier molecular flexibility index (Phi) is 5.95. The van der Waals surface area contributed by atoms with Crippen LogP contribution >= 0.6 is 11.3 Å². The van der Waals surface area contributed by atoms with Crippen LogP contribution in [0.2, 0.25) is 0 Å². The van der Waals surface area contributed by atoms with Crippen LogP contribution in [0.3, 0.4) is 0 Å². The van der Waals surface area contributed by atoms with Crippen LogP contribution < -0.4 is 10.9 Å². The Hall–Kier alpha value is -3.11. The molecule has 1 N–H and O–H groups in total. The van der Waals surface area contributed by atoms with E-state index in [4.69, 9.17) is 0 Å². The molecule has 5 rings (SSSR count). The number of nitrogens with one attached hydrogen (secondary N) is 1. The molecule has 34 heavy (non-hydrogen) atoms. The highest BCUT2D eigenvalue weighted by Crippen LogP contribution is 2.34. The van der Waals surface area contributed by atoms with Crippen molar-refractivity contribution < 1.29 is 17.6 Å². The van der Waals surface area contributed by atoms with E-state index in [9.17, 15) is 22.4 Å². The van der Waals surface area contributed by atoms with Gasteiger partial charge in [0.2, 0.25) is 0 Å². The predicted molar refractivity (Wildman–Crippen MR) is 121 cm³/mol. The molecule has 0 saturated carbocycles. The van der Waals surface area contributed by atoms with Gasteiger partial charge in [0.05, 0.1) is 29.5 Å². The van der Waals surface area contributed by atoms with Crippen molar-refractivity contribution in [1.82, 2.24) is 19.9 Å². The summed E-state index contributed by atoms with van der Waals surface area (Å²) in [6.45, 7) is 0.472. The minimum Gasteiger partial charge on any atom is -0.309 e. The van der Waals surface area contributed by atoms with Gasteiger partial charge in [-0.3, -0.25) is 14.3 Å². The number of benzene rings is 1.